The lowest BCUT2D eigenvalue weighted by molar-refractivity contribution is 0.165. The molecule has 0 saturated heterocycles. The number of methoxy groups -OCH3 is 1. The van der Waals surface area contributed by atoms with Crippen molar-refractivity contribution >= 4 is 23.5 Å². The molecule has 0 radical (unpaired) electrons. The van der Waals surface area contributed by atoms with Gasteiger partial charge in [0.2, 0.25) is 5.75 Å². The van der Waals surface area contributed by atoms with Gasteiger partial charge in [-0.05, 0) is 36.4 Å². The first-order chi connectivity index (χ1) is 10.8. The molecule has 6 heteroatoms. The first-order valence-corrected chi connectivity index (χ1v) is 7.16. The van der Waals surface area contributed by atoms with Crippen molar-refractivity contribution in [2.45, 2.75) is 0 Å². The summed E-state index contributed by atoms with van der Waals surface area (Å²) >= 11 is 5.84. The average Bonchev–Trinajstić information content (AvgIpc) is 2.56. The number of nitrogens with one attached hydrogen (secondary N) is 1. The van der Waals surface area contributed by atoms with Crippen molar-refractivity contribution in [3.63, 3.8) is 0 Å². The zero-order valence-electron chi connectivity index (χ0n) is 12.0. The maximum atomic E-state index is 5.84. The summed E-state index contributed by atoms with van der Waals surface area (Å²) in [6.45, 7) is 1.05. The molecule has 3 rings (SSSR count). The SMILES string of the molecule is COc1cc(/C=N\Nc2ccc(Cl)cc2)cc2c1OCCO2. The molecule has 0 aromatic heterocycles. The lowest BCUT2D eigenvalue weighted by Crippen LogP contribution is -2.16. The second-order valence-electron chi connectivity index (χ2n) is 4.62. The first-order valence-electron chi connectivity index (χ1n) is 6.78. The number of nitrogens with zero attached hydrogens (tertiary/aromatic N) is 1. The number of hydrazone groups is 1. The first kappa shape index (κ1) is 14.5. The summed E-state index contributed by atoms with van der Waals surface area (Å²) in [5.41, 5.74) is 4.64. The van der Waals surface area contributed by atoms with Crippen LogP contribution in [-0.4, -0.2) is 26.5 Å². The summed E-state index contributed by atoms with van der Waals surface area (Å²) in [6.07, 6.45) is 1.69. The molecule has 22 heavy (non-hydrogen) atoms. The highest BCUT2D eigenvalue weighted by Crippen LogP contribution is 2.39. The molecule has 1 N–H and O–H groups in total. The molecule has 5 nitrogen and oxygen atoms in total. The fourth-order valence-corrected chi connectivity index (χ4v) is 2.20. The van der Waals surface area contributed by atoms with Gasteiger partial charge in [-0.25, -0.2) is 0 Å². The molecule has 2 aromatic rings. The normalized spacial score (nSPS) is 13.2. The van der Waals surface area contributed by atoms with E-state index in [2.05, 4.69) is 10.5 Å². The Morgan fingerprint density at radius 2 is 1.95 bits per heavy atom. The van der Waals surface area contributed by atoms with Crippen LogP contribution in [0.5, 0.6) is 17.2 Å². The fraction of sp³-hybridized carbons (Fsp3) is 0.188. The molecule has 0 spiro atoms. The molecule has 0 aliphatic carbocycles. The lowest BCUT2D eigenvalue weighted by Gasteiger charge is -2.20. The molecular formula is C16H15ClN2O3. The van der Waals surface area contributed by atoms with Crippen LogP contribution >= 0.6 is 11.6 Å². The van der Waals surface area contributed by atoms with Crippen LogP contribution in [0.15, 0.2) is 41.5 Å². The summed E-state index contributed by atoms with van der Waals surface area (Å²) in [5, 5.41) is 4.88. The maximum absolute atomic E-state index is 5.84. The highest BCUT2D eigenvalue weighted by atomic mass is 35.5. The number of halogens is 1. The Kier molecular flexibility index (Phi) is 4.34. The summed E-state index contributed by atoms with van der Waals surface area (Å²) < 4.78 is 16.5. The molecule has 0 unspecified atom stereocenters. The molecule has 1 aliphatic rings. The predicted molar refractivity (Wildman–Crippen MR) is 86.7 cm³/mol. The second-order valence-corrected chi connectivity index (χ2v) is 5.06. The smallest absolute Gasteiger partial charge is 0.203 e. The van der Waals surface area contributed by atoms with Crippen molar-refractivity contribution in [2.24, 2.45) is 5.10 Å². The molecule has 0 atom stereocenters. The van der Waals surface area contributed by atoms with Gasteiger partial charge in [-0.15, -0.1) is 0 Å². The maximum Gasteiger partial charge on any atom is 0.203 e. The quantitative estimate of drug-likeness (QED) is 0.691. The number of fused-ring (bicyclic) bond motifs is 1. The van der Waals surface area contributed by atoms with E-state index in [0.717, 1.165) is 11.3 Å². The Labute approximate surface area is 133 Å². The van der Waals surface area contributed by atoms with Gasteiger partial charge in [0, 0.05) is 10.6 Å². The number of benzene rings is 2. The zero-order valence-corrected chi connectivity index (χ0v) is 12.8. The van der Waals surface area contributed by atoms with E-state index in [-0.39, 0.29) is 0 Å². The van der Waals surface area contributed by atoms with Crippen LogP contribution in [0.2, 0.25) is 5.02 Å². The van der Waals surface area contributed by atoms with Crippen molar-refractivity contribution < 1.29 is 14.2 Å². The van der Waals surface area contributed by atoms with Crippen LogP contribution in [0.4, 0.5) is 5.69 Å². The van der Waals surface area contributed by atoms with Crippen LogP contribution in [0.1, 0.15) is 5.56 Å². The number of ether oxygens (including phenoxy) is 3. The third-order valence-corrected chi connectivity index (χ3v) is 3.35. The third kappa shape index (κ3) is 3.26. The van der Waals surface area contributed by atoms with Crippen molar-refractivity contribution in [2.75, 3.05) is 25.7 Å². The Hall–Kier alpha value is -2.40. The summed E-state index contributed by atoms with van der Waals surface area (Å²) in [7, 11) is 1.60. The van der Waals surface area contributed by atoms with Gasteiger partial charge < -0.3 is 14.2 Å². The fourth-order valence-electron chi connectivity index (χ4n) is 2.07. The van der Waals surface area contributed by atoms with Gasteiger partial charge in [0.1, 0.15) is 13.2 Å². The predicted octanol–water partition coefficient (Wildman–Crippen LogP) is 3.57. The molecule has 114 valence electrons. The summed E-state index contributed by atoms with van der Waals surface area (Å²) in [5.74, 6) is 1.93. The van der Waals surface area contributed by atoms with Crippen LogP contribution in [0.25, 0.3) is 0 Å². The van der Waals surface area contributed by atoms with E-state index in [4.69, 9.17) is 25.8 Å². The molecule has 1 aliphatic heterocycles. The van der Waals surface area contributed by atoms with Gasteiger partial charge in [0.05, 0.1) is 19.0 Å². The Morgan fingerprint density at radius 3 is 2.73 bits per heavy atom. The highest BCUT2D eigenvalue weighted by Gasteiger charge is 2.17. The van der Waals surface area contributed by atoms with Crippen LogP contribution in [0.3, 0.4) is 0 Å². The van der Waals surface area contributed by atoms with Crippen molar-refractivity contribution in [1.82, 2.24) is 0 Å². The number of hydrogen-bond donors (Lipinski definition) is 1. The Morgan fingerprint density at radius 1 is 1.18 bits per heavy atom. The van der Waals surface area contributed by atoms with Gasteiger partial charge in [0.15, 0.2) is 11.5 Å². The molecule has 0 fully saturated rings. The highest BCUT2D eigenvalue weighted by molar-refractivity contribution is 6.30. The minimum Gasteiger partial charge on any atom is -0.493 e. The van der Waals surface area contributed by atoms with E-state index in [1.54, 1.807) is 25.5 Å². The zero-order chi connectivity index (χ0) is 15.4. The van der Waals surface area contributed by atoms with Gasteiger partial charge in [-0.1, -0.05) is 11.6 Å². The van der Waals surface area contributed by atoms with Crippen molar-refractivity contribution in [3.05, 3.63) is 47.0 Å². The van der Waals surface area contributed by atoms with E-state index in [1.807, 2.05) is 24.3 Å². The van der Waals surface area contributed by atoms with Crippen LogP contribution in [-0.2, 0) is 0 Å². The monoisotopic (exact) mass is 318 g/mol. The molecular weight excluding hydrogens is 304 g/mol. The average molecular weight is 319 g/mol. The standard InChI is InChI=1S/C16H15ClN2O3/c1-20-14-8-11(9-15-16(14)22-7-6-21-15)10-18-19-13-4-2-12(17)3-5-13/h2-5,8-10,19H,6-7H2,1H3/b18-10-. The lowest BCUT2D eigenvalue weighted by atomic mass is 10.2. The molecule has 0 saturated carbocycles. The van der Waals surface area contributed by atoms with E-state index in [0.29, 0.717) is 35.5 Å². The van der Waals surface area contributed by atoms with Gasteiger partial charge in [-0.2, -0.15) is 5.10 Å². The van der Waals surface area contributed by atoms with E-state index < -0.39 is 0 Å². The van der Waals surface area contributed by atoms with Crippen molar-refractivity contribution in [1.29, 1.82) is 0 Å². The summed E-state index contributed by atoms with van der Waals surface area (Å²) in [4.78, 5) is 0. The third-order valence-electron chi connectivity index (χ3n) is 3.10. The minimum atomic E-state index is 0.523. The van der Waals surface area contributed by atoms with Crippen LogP contribution < -0.4 is 19.6 Å². The number of hydrogen-bond acceptors (Lipinski definition) is 5. The van der Waals surface area contributed by atoms with Gasteiger partial charge in [0.25, 0.3) is 0 Å². The Balaban J connectivity index is 1.77. The molecule has 1 heterocycles. The van der Waals surface area contributed by atoms with Gasteiger partial charge >= 0.3 is 0 Å². The molecule has 0 bridgehead atoms. The van der Waals surface area contributed by atoms with E-state index in [1.165, 1.54) is 0 Å². The van der Waals surface area contributed by atoms with Crippen LogP contribution in [0, 0.1) is 0 Å². The van der Waals surface area contributed by atoms with E-state index in [9.17, 15) is 0 Å². The number of anilines is 1. The number of rotatable bonds is 4. The molecule has 0 amide bonds. The Bertz CT molecular complexity index is 669. The topological polar surface area (TPSA) is 52.1 Å². The molecule has 2 aromatic carbocycles. The second kappa shape index (κ2) is 6.58. The largest absolute Gasteiger partial charge is 0.493 e. The van der Waals surface area contributed by atoms with Crippen molar-refractivity contribution in [3.8, 4) is 17.2 Å². The summed E-state index contributed by atoms with van der Waals surface area (Å²) in [6, 6.07) is 11.0. The minimum absolute atomic E-state index is 0.523. The van der Waals surface area contributed by atoms with E-state index >= 15 is 0 Å². The van der Waals surface area contributed by atoms with Gasteiger partial charge in [-0.3, -0.25) is 5.43 Å².